The predicted octanol–water partition coefficient (Wildman–Crippen LogP) is 4.96. The lowest BCUT2D eigenvalue weighted by Gasteiger charge is -2.25. The third-order valence-electron chi connectivity index (χ3n) is 5.20. The van der Waals surface area contributed by atoms with E-state index in [1.807, 2.05) is 6.07 Å². The van der Waals surface area contributed by atoms with Crippen LogP contribution in [0.1, 0.15) is 30.6 Å². The van der Waals surface area contributed by atoms with Gasteiger partial charge in [-0.3, -0.25) is 19.3 Å². The van der Waals surface area contributed by atoms with Crippen molar-refractivity contribution in [2.24, 2.45) is 0 Å². The fourth-order valence-corrected chi connectivity index (χ4v) is 4.41. The van der Waals surface area contributed by atoms with Gasteiger partial charge in [0, 0.05) is 30.9 Å². The van der Waals surface area contributed by atoms with Gasteiger partial charge in [0.25, 0.3) is 11.1 Å². The number of carbonyl (C=O) groups excluding carboxylic acids is 3. The molecule has 2 aliphatic heterocycles. The highest BCUT2D eigenvalue weighted by Gasteiger charge is 2.37. The molecule has 11 heteroatoms. The Balaban J connectivity index is 1.40. The number of thioether (sulfide) groups is 1. The Labute approximate surface area is 191 Å². The van der Waals surface area contributed by atoms with Gasteiger partial charge in [-0.25, -0.2) is 0 Å². The summed E-state index contributed by atoms with van der Waals surface area (Å²) in [6.07, 6.45) is 0.230. The molecule has 1 aromatic heterocycles. The summed E-state index contributed by atoms with van der Waals surface area (Å²) in [6, 6.07) is 7.62. The zero-order valence-corrected chi connectivity index (χ0v) is 18.2. The van der Waals surface area contributed by atoms with Crippen LogP contribution in [0.4, 0.5) is 29.5 Å². The smallest absolute Gasteiger partial charge is 0.416 e. The van der Waals surface area contributed by atoms with E-state index in [0.717, 1.165) is 49.0 Å². The molecule has 1 aromatic carbocycles. The highest BCUT2D eigenvalue weighted by atomic mass is 32.2. The van der Waals surface area contributed by atoms with Gasteiger partial charge >= 0.3 is 6.18 Å². The first kappa shape index (κ1) is 23.0. The van der Waals surface area contributed by atoms with Crippen molar-refractivity contribution in [1.29, 1.82) is 0 Å². The summed E-state index contributed by atoms with van der Waals surface area (Å²) in [6.45, 7) is 1.17. The molecular weight excluding hydrogens is 459 g/mol. The van der Waals surface area contributed by atoms with Gasteiger partial charge in [0.2, 0.25) is 5.91 Å². The van der Waals surface area contributed by atoms with Gasteiger partial charge in [-0.1, -0.05) is 6.07 Å². The molecule has 3 heterocycles. The zero-order chi connectivity index (χ0) is 23.6. The standard InChI is InChI=1S/C22H20F3N3O4S/c23-22(24,25)14-5-4-6-15(11-14)26-18(29)13-28-20(30)17(33-21(28)31)12-16-7-8-19(32-16)27-9-2-1-3-10-27/h4-8,11-12H,1-3,9-10,13H2,(H,26,29)/b17-12-. The molecule has 0 atom stereocenters. The van der Waals surface area contributed by atoms with E-state index in [1.165, 1.54) is 18.6 Å². The fraction of sp³-hybridized carbons (Fsp3) is 0.318. The minimum atomic E-state index is -4.56. The average Bonchev–Trinajstić information content (AvgIpc) is 3.34. The largest absolute Gasteiger partial charge is 0.441 e. The number of imide groups is 1. The van der Waals surface area contributed by atoms with Crippen molar-refractivity contribution in [1.82, 2.24) is 4.90 Å². The Morgan fingerprint density at radius 3 is 2.61 bits per heavy atom. The molecule has 2 saturated heterocycles. The van der Waals surface area contributed by atoms with Gasteiger partial charge in [0.05, 0.1) is 10.5 Å². The number of hydrogen-bond donors (Lipinski definition) is 1. The van der Waals surface area contributed by atoms with Crippen LogP contribution in [0, 0.1) is 0 Å². The van der Waals surface area contributed by atoms with Crippen molar-refractivity contribution in [3.63, 3.8) is 0 Å². The van der Waals surface area contributed by atoms with Gasteiger partial charge in [-0.05, 0) is 55.3 Å². The second-order valence-electron chi connectivity index (χ2n) is 7.62. The van der Waals surface area contributed by atoms with Crippen molar-refractivity contribution in [3.05, 3.63) is 52.6 Å². The second-order valence-corrected chi connectivity index (χ2v) is 8.61. The number of amides is 3. The maximum absolute atomic E-state index is 12.8. The SMILES string of the molecule is O=C(CN1C(=O)S/C(=C\c2ccc(N3CCCCC3)o2)C1=O)Nc1cccc(C(F)(F)F)c1. The van der Waals surface area contributed by atoms with Gasteiger partial charge in [0.15, 0.2) is 5.88 Å². The fourth-order valence-electron chi connectivity index (χ4n) is 3.59. The summed E-state index contributed by atoms with van der Waals surface area (Å²) in [5.41, 5.74) is -1.00. The molecule has 2 aliphatic rings. The molecule has 2 aromatic rings. The van der Waals surface area contributed by atoms with Crippen molar-refractivity contribution < 1.29 is 32.0 Å². The molecule has 0 saturated carbocycles. The quantitative estimate of drug-likeness (QED) is 0.611. The van der Waals surface area contributed by atoms with Crippen LogP contribution >= 0.6 is 11.8 Å². The van der Waals surface area contributed by atoms with Crippen LogP contribution < -0.4 is 10.2 Å². The average molecular weight is 479 g/mol. The van der Waals surface area contributed by atoms with Crippen LogP contribution in [0.15, 0.2) is 45.7 Å². The number of furan rings is 1. The number of benzene rings is 1. The van der Waals surface area contributed by atoms with E-state index in [0.29, 0.717) is 23.4 Å². The number of anilines is 2. The van der Waals surface area contributed by atoms with Gasteiger partial charge < -0.3 is 14.6 Å². The number of halogens is 3. The lowest BCUT2D eigenvalue weighted by Crippen LogP contribution is -2.36. The second kappa shape index (κ2) is 9.34. The number of rotatable bonds is 5. The number of alkyl halides is 3. The lowest BCUT2D eigenvalue weighted by atomic mass is 10.1. The lowest BCUT2D eigenvalue weighted by molar-refractivity contribution is -0.137. The zero-order valence-electron chi connectivity index (χ0n) is 17.4. The Bertz CT molecular complexity index is 1110. The molecule has 2 fully saturated rings. The van der Waals surface area contributed by atoms with Crippen molar-refractivity contribution >= 4 is 46.5 Å². The van der Waals surface area contributed by atoms with Crippen LogP contribution in [-0.4, -0.2) is 41.6 Å². The van der Waals surface area contributed by atoms with Crippen LogP contribution in [-0.2, 0) is 15.8 Å². The predicted molar refractivity (Wildman–Crippen MR) is 118 cm³/mol. The summed E-state index contributed by atoms with van der Waals surface area (Å²) < 4.78 is 44.3. The van der Waals surface area contributed by atoms with E-state index in [-0.39, 0.29) is 10.6 Å². The highest BCUT2D eigenvalue weighted by molar-refractivity contribution is 8.18. The van der Waals surface area contributed by atoms with E-state index in [4.69, 9.17) is 4.42 Å². The number of nitrogens with zero attached hydrogens (tertiary/aromatic N) is 2. The molecule has 33 heavy (non-hydrogen) atoms. The van der Waals surface area contributed by atoms with Gasteiger partial charge in [0.1, 0.15) is 12.3 Å². The highest BCUT2D eigenvalue weighted by Crippen LogP contribution is 2.34. The first-order chi connectivity index (χ1) is 15.7. The number of nitrogens with one attached hydrogen (secondary N) is 1. The minimum Gasteiger partial charge on any atom is -0.441 e. The van der Waals surface area contributed by atoms with Gasteiger partial charge in [-0.15, -0.1) is 0 Å². The summed E-state index contributed by atoms with van der Waals surface area (Å²) in [5.74, 6) is -0.349. The Morgan fingerprint density at radius 2 is 1.88 bits per heavy atom. The maximum atomic E-state index is 12.8. The van der Waals surface area contributed by atoms with Crippen LogP contribution in [0.2, 0.25) is 0 Å². The number of carbonyl (C=O) groups is 3. The summed E-state index contributed by atoms with van der Waals surface area (Å²) in [7, 11) is 0. The van der Waals surface area contributed by atoms with Crippen molar-refractivity contribution in [2.45, 2.75) is 25.4 Å². The summed E-state index contributed by atoms with van der Waals surface area (Å²) >= 11 is 0.672. The van der Waals surface area contributed by atoms with Crippen LogP contribution in [0.5, 0.6) is 0 Å². The molecule has 0 aliphatic carbocycles. The van der Waals surface area contributed by atoms with E-state index >= 15 is 0 Å². The van der Waals surface area contributed by atoms with Crippen molar-refractivity contribution in [2.75, 3.05) is 29.9 Å². The molecule has 7 nitrogen and oxygen atoms in total. The summed E-state index contributed by atoms with van der Waals surface area (Å²) in [4.78, 5) is 40.1. The molecule has 1 N–H and O–H groups in total. The molecule has 0 radical (unpaired) electrons. The maximum Gasteiger partial charge on any atom is 0.416 e. The molecule has 3 amide bonds. The first-order valence-corrected chi connectivity index (χ1v) is 11.1. The van der Waals surface area contributed by atoms with E-state index in [2.05, 4.69) is 10.2 Å². The molecule has 174 valence electrons. The van der Waals surface area contributed by atoms with Gasteiger partial charge in [-0.2, -0.15) is 13.2 Å². The third-order valence-corrected chi connectivity index (χ3v) is 6.11. The topological polar surface area (TPSA) is 82.9 Å². The first-order valence-electron chi connectivity index (χ1n) is 10.3. The van der Waals surface area contributed by atoms with Crippen LogP contribution in [0.3, 0.4) is 0 Å². The minimum absolute atomic E-state index is 0.0850. The van der Waals surface area contributed by atoms with E-state index in [9.17, 15) is 27.6 Å². The normalized spacial score (nSPS) is 18.3. The Kier molecular flexibility index (Phi) is 6.50. The molecule has 0 bridgehead atoms. The number of hydrogen-bond acceptors (Lipinski definition) is 6. The van der Waals surface area contributed by atoms with Crippen LogP contribution in [0.25, 0.3) is 6.08 Å². The monoisotopic (exact) mass is 479 g/mol. The number of piperidine rings is 1. The third kappa shape index (κ3) is 5.41. The Hall–Kier alpha value is -3.21. The Morgan fingerprint density at radius 1 is 1.12 bits per heavy atom. The van der Waals surface area contributed by atoms with Crippen molar-refractivity contribution in [3.8, 4) is 0 Å². The molecule has 4 rings (SSSR count). The van der Waals surface area contributed by atoms with E-state index < -0.39 is 35.3 Å². The molecular formula is C22H20F3N3O4S. The molecule has 0 unspecified atom stereocenters. The summed E-state index contributed by atoms with van der Waals surface area (Å²) in [5, 5.41) is 1.64. The van der Waals surface area contributed by atoms with E-state index in [1.54, 1.807) is 6.07 Å². The molecule has 0 spiro atoms.